The number of guanidine groups is 1. The predicted molar refractivity (Wildman–Crippen MR) is 103 cm³/mol. The molecule has 0 radical (unpaired) electrons. The predicted octanol–water partition coefficient (Wildman–Crippen LogP) is 2.15. The Balaban J connectivity index is 0.00000242. The molecule has 0 aromatic carbocycles. The molecule has 22 heavy (non-hydrogen) atoms. The van der Waals surface area contributed by atoms with Crippen molar-refractivity contribution in [1.29, 1.82) is 0 Å². The van der Waals surface area contributed by atoms with Gasteiger partial charge in [-0.15, -0.1) is 24.0 Å². The van der Waals surface area contributed by atoms with Crippen molar-refractivity contribution in [2.24, 2.45) is 16.6 Å². The van der Waals surface area contributed by atoms with Crippen LogP contribution >= 0.6 is 24.0 Å². The highest BCUT2D eigenvalue weighted by molar-refractivity contribution is 14.0. The number of ether oxygens (including phenoxy) is 1. The van der Waals surface area contributed by atoms with E-state index in [2.05, 4.69) is 23.6 Å². The highest BCUT2D eigenvalue weighted by atomic mass is 127. The van der Waals surface area contributed by atoms with Crippen LogP contribution in [0.3, 0.4) is 0 Å². The van der Waals surface area contributed by atoms with Gasteiger partial charge in [0.2, 0.25) is 0 Å². The normalized spacial score (nSPS) is 23.0. The van der Waals surface area contributed by atoms with Crippen molar-refractivity contribution in [2.75, 3.05) is 45.9 Å². The van der Waals surface area contributed by atoms with E-state index in [1.54, 1.807) is 0 Å². The van der Waals surface area contributed by atoms with Crippen LogP contribution in [0.5, 0.6) is 0 Å². The molecule has 0 aromatic rings. The first-order valence-electron chi connectivity index (χ1n) is 8.55. The third-order valence-corrected chi connectivity index (χ3v) is 4.65. The third-order valence-electron chi connectivity index (χ3n) is 4.65. The summed E-state index contributed by atoms with van der Waals surface area (Å²) in [5.74, 6) is 1.31. The smallest absolute Gasteiger partial charge is 0.191 e. The minimum atomic E-state index is 0. The molecule has 0 spiro atoms. The van der Waals surface area contributed by atoms with E-state index in [9.17, 15) is 0 Å². The number of hydrogen-bond acceptors (Lipinski definition) is 3. The number of morpholine rings is 1. The number of halogens is 1. The van der Waals surface area contributed by atoms with Crippen LogP contribution in [0.25, 0.3) is 0 Å². The first-order chi connectivity index (χ1) is 10.2. The van der Waals surface area contributed by atoms with Gasteiger partial charge in [0.1, 0.15) is 0 Å². The molecule has 0 amide bonds. The molecule has 2 aliphatic rings. The lowest BCUT2D eigenvalue weighted by Gasteiger charge is -2.33. The zero-order valence-electron chi connectivity index (χ0n) is 14.2. The van der Waals surface area contributed by atoms with Gasteiger partial charge in [-0.25, -0.2) is 0 Å². The van der Waals surface area contributed by atoms with Gasteiger partial charge in [0.05, 0.1) is 19.8 Å². The molecule has 6 heteroatoms. The number of nitrogens with zero attached hydrogens (tertiary/aromatic N) is 3. The largest absolute Gasteiger partial charge is 0.378 e. The number of rotatable bonds is 4. The maximum absolute atomic E-state index is 6.16. The van der Waals surface area contributed by atoms with Gasteiger partial charge in [-0.1, -0.05) is 26.7 Å². The first kappa shape index (κ1) is 20.0. The SMILES string of the molecule is CC(C)C(CN=C(N)N1CCOCC1)N1CCCCCC1.I. The monoisotopic (exact) mass is 424 g/mol. The maximum atomic E-state index is 6.16. The molecule has 0 saturated carbocycles. The summed E-state index contributed by atoms with van der Waals surface area (Å²) in [6.45, 7) is 11.1. The number of hydrogen-bond donors (Lipinski definition) is 1. The highest BCUT2D eigenvalue weighted by Gasteiger charge is 2.23. The quantitative estimate of drug-likeness (QED) is 0.427. The van der Waals surface area contributed by atoms with Crippen molar-refractivity contribution in [1.82, 2.24) is 9.80 Å². The Hall–Kier alpha value is -0.0800. The lowest BCUT2D eigenvalue weighted by Crippen LogP contribution is -2.46. The second-order valence-electron chi connectivity index (χ2n) is 6.56. The van der Waals surface area contributed by atoms with Gasteiger partial charge in [0, 0.05) is 19.1 Å². The minimum Gasteiger partial charge on any atom is -0.378 e. The Labute approximate surface area is 152 Å². The average Bonchev–Trinajstić information content (AvgIpc) is 2.77. The van der Waals surface area contributed by atoms with Crippen LogP contribution in [-0.2, 0) is 4.74 Å². The Bertz CT molecular complexity index is 324. The zero-order valence-corrected chi connectivity index (χ0v) is 16.5. The molecule has 0 aliphatic carbocycles. The number of likely N-dealkylation sites (tertiary alicyclic amines) is 1. The zero-order chi connectivity index (χ0) is 15.1. The van der Waals surface area contributed by atoms with Crippen LogP contribution in [0.2, 0.25) is 0 Å². The standard InChI is InChI=1S/C16H32N4O.HI/c1-14(2)15(19-7-5-3-4-6-8-19)13-18-16(17)20-9-11-21-12-10-20;/h14-15H,3-13H2,1-2H3,(H2,17,18);1H. The summed E-state index contributed by atoms with van der Waals surface area (Å²) in [4.78, 5) is 9.47. The Kier molecular flexibility index (Phi) is 9.66. The topological polar surface area (TPSA) is 54.1 Å². The van der Waals surface area contributed by atoms with Gasteiger partial charge in [0.15, 0.2) is 5.96 Å². The van der Waals surface area contributed by atoms with E-state index < -0.39 is 0 Å². The molecule has 1 unspecified atom stereocenters. The Morgan fingerprint density at radius 3 is 2.18 bits per heavy atom. The van der Waals surface area contributed by atoms with Crippen LogP contribution in [0.15, 0.2) is 4.99 Å². The molecule has 130 valence electrons. The van der Waals surface area contributed by atoms with E-state index in [1.807, 2.05) is 0 Å². The van der Waals surface area contributed by atoms with E-state index in [1.165, 1.54) is 38.8 Å². The molecular formula is C16H33IN4O. The summed E-state index contributed by atoms with van der Waals surface area (Å²) < 4.78 is 5.36. The number of aliphatic imine (C=N–C) groups is 1. The van der Waals surface area contributed by atoms with Gasteiger partial charge in [-0.05, 0) is 31.8 Å². The molecular weight excluding hydrogens is 391 g/mol. The second-order valence-corrected chi connectivity index (χ2v) is 6.56. The van der Waals surface area contributed by atoms with Gasteiger partial charge >= 0.3 is 0 Å². The van der Waals surface area contributed by atoms with Crippen molar-refractivity contribution in [3.05, 3.63) is 0 Å². The summed E-state index contributed by atoms with van der Waals surface area (Å²) >= 11 is 0. The second kappa shape index (κ2) is 10.6. The number of nitrogens with two attached hydrogens (primary N) is 1. The summed E-state index contributed by atoms with van der Waals surface area (Å²) in [7, 11) is 0. The van der Waals surface area contributed by atoms with Crippen LogP contribution in [-0.4, -0.2) is 67.7 Å². The van der Waals surface area contributed by atoms with Crippen molar-refractivity contribution in [3.63, 3.8) is 0 Å². The molecule has 2 saturated heterocycles. The van der Waals surface area contributed by atoms with E-state index in [0.29, 0.717) is 17.9 Å². The fourth-order valence-electron chi connectivity index (χ4n) is 3.25. The molecule has 2 heterocycles. The van der Waals surface area contributed by atoms with Gasteiger partial charge < -0.3 is 15.4 Å². The molecule has 2 aliphatic heterocycles. The van der Waals surface area contributed by atoms with Crippen molar-refractivity contribution in [3.8, 4) is 0 Å². The first-order valence-corrected chi connectivity index (χ1v) is 8.55. The third kappa shape index (κ3) is 6.20. The van der Waals surface area contributed by atoms with E-state index in [0.717, 1.165) is 32.8 Å². The Morgan fingerprint density at radius 1 is 1.05 bits per heavy atom. The summed E-state index contributed by atoms with van der Waals surface area (Å²) in [6, 6.07) is 0.516. The molecule has 0 aromatic heterocycles. The molecule has 2 fully saturated rings. The lowest BCUT2D eigenvalue weighted by molar-refractivity contribution is 0.0672. The molecule has 1 atom stereocenters. The molecule has 2 rings (SSSR count). The van der Waals surface area contributed by atoms with E-state index in [4.69, 9.17) is 15.5 Å². The summed E-state index contributed by atoms with van der Waals surface area (Å²) in [6.07, 6.45) is 5.40. The lowest BCUT2D eigenvalue weighted by atomic mass is 10.0. The van der Waals surface area contributed by atoms with Gasteiger partial charge in [-0.2, -0.15) is 0 Å². The fraction of sp³-hybridized carbons (Fsp3) is 0.938. The van der Waals surface area contributed by atoms with Crippen LogP contribution < -0.4 is 5.73 Å². The van der Waals surface area contributed by atoms with Crippen LogP contribution in [0.4, 0.5) is 0 Å². The molecule has 2 N–H and O–H groups in total. The van der Waals surface area contributed by atoms with Crippen molar-refractivity contribution < 1.29 is 4.74 Å². The highest BCUT2D eigenvalue weighted by Crippen LogP contribution is 2.17. The van der Waals surface area contributed by atoms with Crippen molar-refractivity contribution >= 4 is 29.9 Å². The van der Waals surface area contributed by atoms with Gasteiger partial charge in [-0.3, -0.25) is 9.89 Å². The van der Waals surface area contributed by atoms with Gasteiger partial charge in [0.25, 0.3) is 0 Å². The summed E-state index contributed by atoms with van der Waals surface area (Å²) in [5.41, 5.74) is 6.16. The summed E-state index contributed by atoms with van der Waals surface area (Å²) in [5, 5.41) is 0. The van der Waals surface area contributed by atoms with Crippen LogP contribution in [0.1, 0.15) is 39.5 Å². The van der Waals surface area contributed by atoms with E-state index >= 15 is 0 Å². The fourth-order valence-corrected chi connectivity index (χ4v) is 3.25. The molecule has 0 bridgehead atoms. The maximum Gasteiger partial charge on any atom is 0.191 e. The van der Waals surface area contributed by atoms with Crippen molar-refractivity contribution in [2.45, 2.75) is 45.6 Å². The van der Waals surface area contributed by atoms with Crippen LogP contribution in [0, 0.1) is 5.92 Å². The van der Waals surface area contributed by atoms with E-state index in [-0.39, 0.29) is 24.0 Å². The molecule has 5 nitrogen and oxygen atoms in total. The Morgan fingerprint density at radius 2 is 1.64 bits per heavy atom. The average molecular weight is 424 g/mol. The minimum absolute atomic E-state index is 0.